The van der Waals surface area contributed by atoms with E-state index in [9.17, 15) is 0 Å². The Balaban J connectivity index is 2.68. The van der Waals surface area contributed by atoms with Crippen LogP contribution in [0.4, 0.5) is 5.69 Å². The lowest BCUT2D eigenvalue weighted by Crippen LogP contribution is -2.09. The third kappa shape index (κ3) is 3.80. The Bertz CT molecular complexity index is 300. The van der Waals surface area contributed by atoms with Crippen LogP contribution in [0, 0.1) is 6.92 Å². The van der Waals surface area contributed by atoms with E-state index in [0.717, 1.165) is 18.0 Å². The van der Waals surface area contributed by atoms with Gasteiger partial charge in [0.2, 0.25) is 0 Å². The van der Waals surface area contributed by atoms with Crippen LogP contribution in [0.15, 0.2) is 18.2 Å². The molecule has 0 aliphatic carbocycles. The average molecular weight is 209 g/mol. The van der Waals surface area contributed by atoms with Crippen molar-refractivity contribution in [3.05, 3.63) is 23.8 Å². The standard InChI is InChI=1S/C12H19NO2/c1-4-15-12-6-5-10(2)9-11(12)13-7-8-14-3/h5-6,9,13H,4,7-8H2,1-3H3. The number of nitrogens with one attached hydrogen (secondary N) is 1. The van der Waals surface area contributed by atoms with E-state index in [-0.39, 0.29) is 0 Å². The second-order valence-electron chi connectivity index (χ2n) is 3.35. The summed E-state index contributed by atoms with van der Waals surface area (Å²) in [6, 6.07) is 6.13. The summed E-state index contributed by atoms with van der Waals surface area (Å²) in [5.41, 5.74) is 2.26. The molecule has 0 aliphatic rings. The predicted octanol–water partition coefficient (Wildman–Crippen LogP) is 2.45. The molecule has 0 fully saturated rings. The number of hydrogen-bond donors (Lipinski definition) is 1. The average Bonchev–Trinajstić information content (AvgIpc) is 2.22. The van der Waals surface area contributed by atoms with Crippen molar-refractivity contribution in [3.63, 3.8) is 0 Å². The molecule has 1 aromatic carbocycles. The molecule has 1 N–H and O–H groups in total. The van der Waals surface area contributed by atoms with Gasteiger partial charge in [-0.05, 0) is 31.5 Å². The van der Waals surface area contributed by atoms with Crippen LogP contribution in [-0.2, 0) is 4.74 Å². The molecular formula is C12H19NO2. The van der Waals surface area contributed by atoms with Crippen molar-refractivity contribution < 1.29 is 9.47 Å². The zero-order valence-electron chi connectivity index (χ0n) is 9.67. The van der Waals surface area contributed by atoms with Crippen LogP contribution in [-0.4, -0.2) is 26.9 Å². The summed E-state index contributed by atoms with van der Waals surface area (Å²) < 4.78 is 10.5. The fourth-order valence-electron chi connectivity index (χ4n) is 1.35. The Kier molecular flexibility index (Phi) is 4.98. The summed E-state index contributed by atoms with van der Waals surface area (Å²) >= 11 is 0. The van der Waals surface area contributed by atoms with Crippen LogP contribution in [0.1, 0.15) is 12.5 Å². The molecule has 0 unspecified atom stereocenters. The normalized spacial score (nSPS) is 10.1. The van der Waals surface area contributed by atoms with Crippen molar-refractivity contribution in [1.29, 1.82) is 0 Å². The highest BCUT2D eigenvalue weighted by molar-refractivity contribution is 5.57. The van der Waals surface area contributed by atoms with Crippen molar-refractivity contribution in [2.45, 2.75) is 13.8 Å². The van der Waals surface area contributed by atoms with Gasteiger partial charge in [0.15, 0.2) is 0 Å². The monoisotopic (exact) mass is 209 g/mol. The molecule has 3 heteroatoms. The highest BCUT2D eigenvalue weighted by Crippen LogP contribution is 2.25. The maximum Gasteiger partial charge on any atom is 0.142 e. The molecule has 0 saturated heterocycles. The van der Waals surface area contributed by atoms with Crippen LogP contribution in [0.5, 0.6) is 5.75 Å². The third-order valence-corrected chi connectivity index (χ3v) is 2.06. The van der Waals surface area contributed by atoms with Gasteiger partial charge in [0.05, 0.1) is 18.9 Å². The lowest BCUT2D eigenvalue weighted by Gasteiger charge is -2.12. The van der Waals surface area contributed by atoms with Crippen molar-refractivity contribution in [2.75, 3.05) is 32.2 Å². The minimum atomic E-state index is 0.683. The smallest absolute Gasteiger partial charge is 0.142 e. The Labute approximate surface area is 91.4 Å². The first-order valence-corrected chi connectivity index (χ1v) is 5.24. The van der Waals surface area contributed by atoms with Crippen molar-refractivity contribution in [2.24, 2.45) is 0 Å². The molecule has 0 heterocycles. The van der Waals surface area contributed by atoms with Gasteiger partial charge >= 0.3 is 0 Å². The lowest BCUT2D eigenvalue weighted by molar-refractivity contribution is 0.210. The molecule has 1 aromatic rings. The third-order valence-electron chi connectivity index (χ3n) is 2.06. The molecule has 0 saturated carbocycles. The number of benzene rings is 1. The summed E-state index contributed by atoms with van der Waals surface area (Å²) in [6.45, 7) is 6.22. The zero-order valence-corrected chi connectivity index (χ0v) is 9.67. The van der Waals surface area contributed by atoms with E-state index in [4.69, 9.17) is 9.47 Å². The molecule has 0 bridgehead atoms. The fourth-order valence-corrected chi connectivity index (χ4v) is 1.35. The SMILES string of the molecule is CCOc1ccc(C)cc1NCCOC. The molecule has 84 valence electrons. The van der Waals surface area contributed by atoms with Gasteiger partial charge in [-0.25, -0.2) is 0 Å². The van der Waals surface area contributed by atoms with Gasteiger partial charge in [-0.2, -0.15) is 0 Å². The first-order chi connectivity index (χ1) is 7.27. The Morgan fingerprint density at radius 1 is 1.33 bits per heavy atom. The number of ether oxygens (including phenoxy) is 2. The molecule has 3 nitrogen and oxygen atoms in total. The quantitative estimate of drug-likeness (QED) is 0.730. The Morgan fingerprint density at radius 3 is 2.80 bits per heavy atom. The molecule has 0 aromatic heterocycles. The summed E-state index contributed by atoms with van der Waals surface area (Å²) in [5.74, 6) is 0.902. The van der Waals surface area contributed by atoms with Crippen molar-refractivity contribution in [3.8, 4) is 5.75 Å². The van der Waals surface area contributed by atoms with Crippen LogP contribution in [0.25, 0.3) is 0 Å². The van der Waals surface area contributed by atoms with Gasteiger partial charge in [0.25, 0.3) is 0 Å². The van der Waals surface area contributed by atoms with Gasteiger partial charge < -0.3 is 14.8 Å². The number of methoxy groups -OCH3 is 1. The van der Waals surface area contributed by atoms with Crippen LogP contribution in [0.3, 0.4) is 0 Å². The summed E-state index contributed by atoms with van der Waals surface area (Å²) in [7, 11) is 1.70. The molecule has 0 aliphatic heterocycles. The first-order valence-electron chi connectivity index (χ1n) is 5.24. The van der Waals surface area contributed by atoms with Gasteiger partial charge in [-0.1, -0.05) is 6.07 Å². The fraction of sp³-hybridized carbons (Fsp3) is 0.500. The van der Waals surface area contributed by atoms with E-state index in [0.29, 0.717) is 13.2 Å². The van der Waals surface area contributed by atoms with Gasteiger partial charge in [-0.15, -0.1) is 0 Å². The first kappa shape index (κ1) is 11.9. The van der Waals surface area contributed by atoms with Crippen molar-refractivity contribution >= 4 is 5.69 Å². The highest BCUT2D eigenvalue weighted by Gasteiger charge is 2.02. The summed E-state index contributed by atoms with van der Waals surface area (Å²) in [6.07, 6.45) is 0. The Morgan fingerprint density at radius 2 is 2.13 bits per heavy atom. The van der Waals surface area contributed by atoms with Gasteiger partial charge in [0, 0.05) is 13.7 Å². The van der Waals surface area contributed by atoms with Crippen molar-refractivity contribution in [1.82, 2.24) is 0 Å². The second kappa shape index (κ2) is 6.30. The van der Waals surface area contributed by atoms with E-state index in [1.54, 1.807) is 7.11 Å². The molecule has 0 spiro atoms. The number of hydrogen-bond acceptors (Lipinski definition) is 3. The molecule has 15 heavy (non-hydrogen) atoms. The molecule has 0 radical (unpaired) electrons. The van der Waals surface area contributed by atoms with E-state index in [1.807, 2.05) is 19.1 Å². The molecule has 0 atom stereocenters. The van der Waals surface area contributed by atoms with E-state index in [2.05, 4.69) is 18.3 Å². The highest BCUT2D eigenvalue weighted by atomic mass is 16.5. The lowest BCUT2D eigenvalue weighted by atomic mass is 10.2. The van der Waals surface area contributed by atoms with Gasteiger partial charge in [0.1, 0.15) is 5.75 Å². The van der Waals surface area contributed by atoms with Crippen LogP contribution in [0.2, 0.25) is 0 Å². The van der Waals surface area contributed by atoms with E-state index < -0.39 is 0 Å². The number of anilines is 1. The predicted molar refractivity (Wildman–Crippen MR) is 62.7 cm³/mol. The van der Waals surface area contributed by atoms with Gasteiger partial charge in [-0.3, -0.25) is 0 Å². The largest absolute Gasteiger partial charge is 0.492 e. The molecule has 0 amide bonds. The van der Waals surface area contributed by atoms with Crippen LogP contribution < -0.4 is 10.1 Å². The minimum Gasteiger partial charge on any atom is -0.492 e. The number of rotatable bonds is 6. The molecule has 1 rings (SSSR count). The summed E-state index contributed by atoms with van der Waals surface area (Å²) in [5, 5.41) is 3.29. The number of aryl methyl sites for hydroxylation is 1. The van der Waals surface area contributed by atoms with Crippen LogP contribution >= 0.6 is 0 Å². The minimum absolute atomic E-state index is 0.683. The van der Waals surface area contributed by atoms with E-state index >= 15 is 0 Å². The topological polar surface area (TPSA) is 30.5 Å². The maximum absolute atomic E-state index is 5.52. The summed E-state index contributed by atoms with van der Waals surface area (Å²) in [4.78, 5) is 0. The molecular weight excluding hydrogens is 190 g/mol. The van der Waals surface area contributed by atoms with E-state index in [1.165, 1.54) is 5.56 Å². The second-order valence-corrected chi connectivity index (χ2v) is 3.35. The maximum atomic E-state index is 5.52. The Hall–Kier alpha value is -1.22. The zero-order chi connectivity index (χ0) is 11.1.